The second-order valence-electron chi connectivity index (χ2n) is 9.29. The third-order valence-corrected chi connectivity index (χ3v) is 6.93. The molecule has 0 N–H and O–H groups in total. The fourth-order valence-electron chi connectivity index (χ4n) is 4.49. The largest absolute Gasteiger partial charge is 0.493 e. The maximum Gasteiger partial charge on any atom is 0.282 e. The molecule has 2 heterocycles. The number of methoxy groups -OCH3 is 1. The van der Waals surface area contributed by atoms with Gasteiger partial charge in [-0.15, -0.1) is 0 Å². The quantitative estimate of drug-likeness (QED) is 0.181. The van der Waals surface area contributed by atoms with Crippen molar-refractivity contribution in [2.45, 2.75) is 13.5 Å². The normalized spacial score (nSPS) is 11.5. The number of halogens is 1. The summed E-state index contributed by atoms with van der Waals surface area (Å²) in [6.45, 7) is 2.47. The van der Waals surface area contributed by atoms with Gasteiger partial charge in [-0.1, -0.05) is 57.9 Å². The van der Waals surface area contributed by atoms with Crippen LogP contribution in [0.5, 0.6) is 11.5 Å². The summed E-state index contributed by atoms with van der Waals surface area (Å²) in [4.78, 5) is 18.3. The Balaban J connectivity index is 1.37. The van der Waals surface area contributed by atoms with Crippen molar-refractivity contribution in [2.24, 2.45) is 5.10 Å². The van der Waals surface area contributed by atoms with Crippen molar-refractivity contribution in [2.75, 3.05) is 7.11 Å². The second-order valence-corrected chi connectivity index (χ2v) is 10.2. The highest BCUT2D eigenvalue weighted by Crippen LogP contribution is 2.30. The van der Waals surface area contributed by atoms with Gasteiger partial charge in [-0.3, -0.25) is 4.79 Å². The molecule has 0 aliphatic rings. The number of aryl methyl sites for hydroxylation is 1. The van der Waals surface area contributed by atoms with E-state index in [1.165, 1.54) is 10.2 Å². The Kier molecular flexibility index (Phi) is 6.92. The molecule has 0 atom stereocenters. The van der Waals surface area contributed by atoms with E-state index in [-0.39, 0.29) is 5.56 Å². The van der Waals surface area contributed by atoms with Crippen LogP contribution in [0, 0.1) is 6.92 Å². The highest BCUT2D eigenvalue weighted by Gasteiger charge is 2.17. The van der Waals surface area contributed by atoms with E-state index < -0.39 is 0 Å². The number of hydrogen-bond donors (Lipinski definition) is 0. The maximum absolute atomic E-state index is 13.5. The lowest BCUT2D eigenvalue weighted by Crippen LogP contribution is -2.20. The van der Waals surface area contributed by atoms with E-state index in [2.05, 4.69) is 27.1 Å². The predicted octanol–water partition coefficient (Wildman–Crippen LogP) is 7.35. The first kappa shape index (κ1) is 25.6. The zero-order valence-electron chi connectivity index (χ0n) is 21.8. The van der Waals surface area contributed by atoms with Crippen LogP contribution in [0.4, 0.5) is 0 Å². The van der Waals surface area contributed by atoms with Crippen molar-refractivity contribution in [3.63, 3.8) is 0 Å². The molecule has 0 saturated carbocycles. The van der Waals surface area contributed by atoms with E-state index >= 15 is 0 Å². The number of aromatic nitrogens is 2. The zero-order valence-corrected chi connectivity index (χ0v) is 23.4. The summed E-state index contributed by atoms with van der Waals surface area (Å²) in [6, 6.07) is 28.4. The number of benzene rings is 4. The Morgan fingerprint density at radius 3 is 2.70 bits per heavy atom. The van der Waals surface area contributed by atoms with Crippen LogP contribution in [0.2, 0.25) is 0 Å². The van der Waals surface area contributed by atoms with Gasteiger partial charge in [0.15, 0.2) is 17.3 Å². The molecule has 6 rings (SSSR count). The van der Waals surface area contributed by atoms with Gasteiger partial charge in [-0.25, -0.2) is 4.98 Å². The summed E-state index contributed by atoms with van der Waals surface area (Å²) < 4.78 is 19.9. The molecule has 0 saturated heterocycles. The van der Waals surface area contributed by atoms with Crippen molar-refractivity contribution in [3.05, 3.63) is 123 Å². The van der Waals surface area contributed by atoms with E-state index in [0.717, 1.165) is 21.0 Å². The summed E-state index contributed by atoms with van der Waals surface area (Å²) in [6.07, 6.45) is 1.59. The van der Waals surface area contributed by atoms with E-state index in [1.807, 2.05) is 73.7 Å². The number of hydrogen-bond acceptors (Lipinski definition) is 6. The summed E-state index contributed by atoms with van der Waals surface area (Å²) in [5, 5.41) is 5.89. The first-order chi connectivity index (χ1) is 19.5. The lowest BCUT2D eigenvalue weighted by molar-refractivity contribution is 0.284. The molecule has 198 valence electrons. The number of ether oxygens (including phenoxy) is 2. The first-order valence-electron chi connectivity index (χ1n) is 12.6. The molecule has 0 unspecified atom stereocenters. The van der Waals surface area contributed by atoms with E-state index in [4.69, 9.17) is 18.9 Å². The molecule has 2 aromatic heterocycles. The SMILES string of the molecule is COc1cc(C=Nn2c(-c3cc4cc(Br)ccc4o3)nc3ccccc3c2=O)ccc1OCc1cccc(C)c1. The van der Waals surface area contributed by atoms with Crippen LogP contribution in [-0.2, 0) is 6.61 Å². The minimum Gasteiger partial charge on any atom is -0.493 e. The number of fused-ring (bicyclic) bond motifs is 2. The third-order valence-electron chi connectivity index (χ3n) is 6.44. The standard InChI is InChI=1S/C32H24BrN3O4/c1-20-6-5-7-22(14-20)19-39-28-12-10-21(15-29(28)38-2)18-34-36-31(35-26-9-4-3-8-25(26)32(36)37)30-17-23-16-24(33)11-13-27(23)40-30/h3-18H,19H2,1-2H3. The van der Waals surface area contributed by atoms with Crippen LogP contribution in [0.25, 0.3) is 33.5 Å². The summed E-state index contributed by atoms with van der Waals surface area (Å²) in [5.74, 6) is 1.91. The lowest BCUT2D eigenvalue weighted by Gasteiger charge is -2.12. The number of rotatable bonds is 7. The Bertz CT molecular complexity index is 1960. The molecule has 8 heteroatoms. The smallest absolute Gasteiger partial charge is 0.282 e. The van der Waals surface area contributed by atoms with Gasteiger partial charge in [-0.2, -0.15) is 9.78 Å². The molecule has 0 fully saturated rings. The average molecular weight is 594 g/mol. The molecule has 0 aliphatic carbocycles. The van der Waals surface area contributed by atoms with Gasteiger partial charge in [0.1, 0.15) is 12.2 Å². The molecule has 0 radical (unpaired) electrons. The third kappa shape index (κ3) is 5.13. The Labute approximate surface area is 238 Å². The van der Waals surface area contributed by atoms with Crippen molar-refractivity contribution in [3.8, 4) is 23.1 Å². The van der Waals surface area contributed by atoms with Crippen molar-refractivity contribution >= 4 is 44.0 Å². The fourth-order valence-corrected chi connectivity index (χ4v) is 4.86. The molecule has 0 spiro atoms. The monoisotopic (exact) mass is 593 g/mol. The van der Waals surface area contributed by atoms with Crippen molar-refractivity contribution in [1.29, 1.82) is 0 Å². The summed E-state index contributed by atoms with van der Waals surface area (Å²) in [7, 11) is 1.59. The molecular weight excluding hydrogens is 570 g/mol. The van der Waals surface area contributed by atoms with E-state index in [9.17, 15) is 4.79 Å². The van der Waals surface area contributed by atoms with Crippen molar-refractivity contribution < 1.29 is 13.9 Å². The van der Waals surface area contributed by atoms with Crippen LogP contribution in [0.3, 0.4) is 0 Å². The molecule has 0 bridgehead atoms. The molecular formula is C32H24BrN3O4. The highest BCUT2D eigenvalue weighted by molar-refractivity contribution is 9.10. The fraction of sp³-hybridized carbons (Fsp3) is 0.0938. The van der Waals surface area contributed by atoms with Gasteiger partial charge in [0.25, 0.3) is 5.56 Å². The number of nitrogens with zero attached hydrogens (tertiary/aromatic N) is 3. The van der Waals surface area contributed by atoms with Crippen molar-refractivity contribution in [1.82, 2.24) is 9.66 Å². The molecule has 0 aliphatic heterocycles. The second kappa shape index (κ2) is 10.8. The van der Waals surface area contributed by atoms with Gasteiger partial charge >= 0.3 is 0 Å². The molecule has 7 nitrogen and oxygen atoms in total. The van der Waals surface area contributed by atoms with Crippen LogP contribution in [0.1, 0.15) is 16.7 Å². The average Bonchev–Trinajstić information content (AvgIpc) is 3.39. The van der Waals surface area contributed by atoms with Crippen LogP contribution < -0.4 is 15.0 Å². The lowest BCUT2D eigenvalue weighted by atomic mass is 10.1. The molecule has 0 amide bonds. The predicted molar refractivity (Wildman–Crippen MR) is 160 cm³/mol. The molecule has 4 aromatic carbocycles. The minimum atomic E-state index is -0.302. The molecule has 40 heavy (non-hydrogen) atoms. The summed E-state index contributed by atoms with van der Waals surface area (Å²) >= 11 is 3.49. The van der Waals surface area contributed by atoms with Gasteiger partial charge in [-0.05, 0) is 72.6 Å². The van der Waals surface area contributed by atoms with Gasteiger partial charge in [0.2, 0.25) is 5.82 Å². The Morgan fingerprint density at radius 1 is 0.975 bits per heavy atom. The zero-order chi connectivity index (χ0) is 27.6. The Hall–Kier alpha value is -4.69. The topological polar surface area (TPSA) is 78.9 Å². The van der Waals surface area contributed by atoms with Gasteiger partial charge < -0.3 is 13.9 Å². The van der Waals surface area contributed by atoms with Crippen LogP contribution in [0.15, 0.2) is 110 Å². The number of furan rings is 1. The van der Waals surface area contributed by atoms with E-state index in [0.29, 0.717) is 46.2 Å². The van der Waals surface area contributed by atoms with Gasteiger partial charge in [0, 0.05) is 9.86 Å². The minimum absolute atomic E-state index is 0.302. The van der Waals surface area contributed by atoms with Crippen LogP contribution in [-0.4, -0.2) is 23.0 Å². The highest BCUT2D eigenvalue weighted by atomic mass is 79.9. The molecule has 6 aromatic rings. The van der Waals surface area contributed by atoms with E-state index in [1.54, 1.807) is 31.5 Å². The maximum atomic E-state index is 13.5. The number of para-hydroxylation sites is 1. The van der Waals surface area contributed by atoms with Gasteiger partial charge in [0.05, 0.1) is 24.2 Å². The van der Waals surface area contributed by atoms with Crippen LogP contribution >= 0.6 is 15.9 Å². The summed E-state index contributed by atoms with van der Waals surface area (Å²) in [5.41, 5.74) is 3.91. The Morgan fingerprint density at radius 2 is 1.85 bits per heavy atom. The first-order valence-corrected chi connectivity index (χ1v) is 13.4.